The number of amides is 2. The molecule has 0 aromatic heterocycles. The van der Waals surface area contributed by atoms with Gasteiger partial charge >= 0.3 is 0 Å². The molecule has 0 fully saturated rings. The van der Waals surface area contributed by atoms with E-state index in [2.05, 4.69) is 5.32 Å². The molecule has 0 saturated carbocycles. The van der Waals surface area contributed by atoms with Crippen molar-refractivity contribution in [2.24, 2.45) is 0 Å². The first kappa shape index (κ1) is 31.8. The van der Waals surface area contributed by atoms with Gasteiger partial charge in [-0.3, -0.25) is 13.9 Å². The lowest BCUT2D eigenvalue weighted by Crippen LogP contribution is -2.52. The highest BCUT2D eigenvalue weighted by atomic mass is 32.2. The third kappa shape index (κ3) is 9.42. The van der Waals surface area contributed by atoms with Gasteiger partial charge in [0.15, 0.2) is 0 Å². The van der Waals surface area contributed by atoms with Gasteiger partial charge < -0.3 is 10.2 Å². The zero-order valence-corrected chi connectivity index (χ0v) is 25.2. The second kappa shape index (κ2) is 14.3. The van der Waals surface area contributed by atoms with Crippen LogP contribution >= 0.6 is 0 Å². The third-order valence-electron chi connectivity index (χ3n) is 6.65. The second-order valence-electron chi connectivity index (χ2n) is 10.8. The summed E-state index contributed by atoms with van der Waals surface area (Å²) in [7, 11) is -3.61. The summed E-state index contributed by atoms with van der Waals surface area (Å²) in [4.78, 5) is 28.7. The molecule has 3 aromatic rings. The minimum absolute atomic E-state index is 0.0223. The Bertz CT molecular complexity index is 1420. The average molecular weight is 582 g/mol. The normalized spacial score (nSPS) is 12.2. The number of halogens is 1. The molecule has 0 aliphatic rings. The Morgan fingerprint density at radius 1 is 0.927 bits per heavy atom. The van der Waals surface area contributed by atoms with Crippen LogP contribution in [-0.4, -0.2) is 50.0 Å². The zero-order valence-electron chi connectivity index (χ0n) is 24.4. The summed E-state index contributed by atoms with van der Waals surface area (Å²) in [5, 5.41) is 2.91. The summed E-state index contributed by atoms with van der Waals surface area (Å²) in [6.45, 7) is 7.47. The lowest BCUT2D eigenvalue weighted by Gasteiger charge is -2.32. The lowest BCUT2D eigenvalue weighted by atomic mass is 10.0. The van der Waals surface area contributed by atoms with E-state index in [1.807, 2.05) is 64.1 Å². The molecule has 0 aliphatic heterocycles. The summed E-state index contributed by atoms with van der Waals surface area (Å²) in [6.07, 6.45) is 1.59. The summed E-state index contributed by atoms with van der Waals surface area (Å²) in [5.74, 6) is -1.16. The number of aryl methyl sites for hydroxylation is 2. The Morgan fingerprint density at radius 3 is 2.12 bits per heavy atom. The molecule has 0 saturated heterocycles. The molecular formula is C32H40FN3O4S. The molecule has 3 rings (SSSR count). The maximum atomic E-state index is 14.7. The summed E-state index contributed by atoms with van der Waals surface area (Å²) in [6, 6.07) is 20.1. The van der Waals surface area contributed by atoms with Crippen LogP contribution in [0.2, 0.25) is 0 Å². The van der Waals surface area contributed by atoms with Crippen LogP contribution in [0.4, 0.5) is 10.1 Å². The highest BCUT2D eigenvalue weighted by molar-refractivity contribution is 7.92. The minimum Gasteiger partial charge on any atom is -0.352 e. The van der Waals surface area contributed by atoms with Crippen molar-refractivity contribution in [2.75, 3.05) is 17.1 Å². The van der Waals surface area contributed by atoms with E-state index in [1.165, 1.54) is 15.3 Å². The molecule has 2 amide bonds. The minimum atomic E-state index is -3.61. The molecule has 0 unspecified atom stereocenters. The van der Waals surface area contributed by atoms with E-state index in [0.717, 1.165) is 22.9 Å². The number of anilines is 1. The number of hydrogen-bond acceptors (Lipinski definition) is 4. The van der Waals surface area contributed by atoms with Gasteiger partial charge in [0, 0.05) is 37.5 Å². The number of nitrogens with zero attached hydrogens (tertiary/aromatic N) is 2. The number of carbonyl (C=O) groups excluding carboxylic acids is 2. The Hall–Kier alpha value is -3.72. The Kier molecular flexibility index (Phi) is 11.1. The predicted octanol–water partition coefficient (Wildman–Crippen LogP) is 5.15. The van der Waals surface area contributed by atoms with E-state index < -0.39 is 21.9 Å². The molecule has 3 aromatic carbocycles. The van der Waals surface area contributed by atoms with Gasteiger partial charge in [-0.25, -0.2) is 12.8 Å². The van der Waals surface area contributed by atoms with E-state index in [9.17, 15) is 22.4 Å². The van der Waals surface area contributed by atoms with Crippen molar-refractivity contribution in [3.63, 3.8) is 0 Å². The number of sulfonamides is 1. The molecule has 0 spiro atoms. The van der Waals surface area contributed by atoms with Crippen LogP contribution in [0, 0.1) is 19.7 Å². The molecular weight excluding hydrogens is 541 g/mol. The molecule has 1 N–H and O–H groups in total. The topological polar surface area (TPSA) is 86.8 Å². The van der Waals surface area contributed by atoms with E-state index in [-0.39, 0.29) is 50.2 Å². The van der Waals surface area contributed by atoms with Gasteiger partial charge in [0.1, 0.15) is 11.9 Å². The SMILES string of the molecule is Cc1cc(C)cc(N(CCCC(=O)N(Cc2ccccc2F)[C@H](Cc2ccccc2)C(=O)NC(C)C)S(C)(=O)=O)c1. The molecule has 220 valence electrons. The molecule has 0 radical (unpaired) electrons. The van der Waals surface area contributed by atoms with Crippen LogP contribution in [0.1, 0.15) is 48.9 Å². The number of benzene rings is 3. The largest absolute Gasteiger partial charge is 0.352 e. The number of nitrogens with one attached hydrogen (secondary N) is 1. The molecule has 0 heterocycles. The predicted molar refractivity (Wildman–Crippen MR) is 162 cm³/mol. The average Bonchev–Trinajstić information content (AvgIpc) is 2.88. The molecule has 9 heteroatoms. The zero-order chi connectivity index (χ0) is 30.2. The third-order valence-corrected chi connectivity index (χ3v) is 7.84. The lowest BCUT2D eigenvalue weighted by molar-refractivity contribution is -0.141. The number of hydrogen-bond donors (Lipinski definition) is 1. The highest BCUT2D eigenvalue weighted by Crippen LogP contribution is 2.23. The number of rotatable bonds is 13. The monoisotopic (exact) mass is 581 g/mol. The first-order valence-electron chi connectivity index (χ1n) is 13.8. The van der Waals surface area contributed by atoms with Crippen molar-refractivity contribution in [3.05, 3.63) is 101 Å². The van der Waals surface area contributed by atoms with Gasteiger partial charge in [0.05, 0.1) is 11.9 Å². The summed E-state index contributed by atoms with van der Waals surface area (Å²) >= 11 is 0. The van der Waals surface area contributed by atoms with E-state index in [0.29, 0.717) is 11.3 Å². The summed E-state index contributed by atoms with van der Waals surface area (Å²) in [5.41, 5.74) is 3.56. The maximum Gasteiger partial charge on any atom is 0.243 e. The standard InChI is InChI=1S/C32H40FN3O4S/c1-23(2)34-32(38)30(21-26-12-7-6-8-13-26)35(22-27-14-9-10-15-29(27)33)31(37)16-11-17-36(41(5,39)40)28-19-24(3)18-25(4)20-28/h6-10,12-15,18-20,23,30H,11,16-17,21-22H2,1-5H3,(H,34,38)/t30-/m1/s1. The van der Waals surface area contributed by atoms with Crippen LogP contribution in [0.25, 0.3) is 0 Å². The van der Waals surface area contributed by atoms with Crippen LogP contribution in [0.15, 0.2) is 72.8 Å². The van der Waals surface area contributed by atoms with E-state index in [1.54, 1.807) is 30.3 Å². The van der Waals surface area contributed by atoms with Crippen molar-refractivity contribution >= 4 is 27.5 Å². The number of carbonyl (C=O) groups is 2. The van der Waals surface area contributed by atoms with Gasteiger partial charge in [-0.2, -0.15) is 0 Å². The van der Waals surface area contributed by atoms with Crippen LogP contribution in [-0.2, 0) is 32.6 Å². The Labute approximate surface area is 243 Å². The van der Waals surface area contributed by atoms with Gasteiger partial charge in [-0.05, 0) is 69.0 Å². The van der Waals surface area contributed by atoms with Crippen molar-refractivity contribution < 1.29 is 22.4 Å². The molecule has 1 atom stereocenters. The van der Waals surface area contributed by atoms with Gasteiger partial charge in [0.25, 0.3) is 0 Å². The fraction of sp³-hybridized carbons (Fsp3) is 0.375. The van der Waals surface area contributed by atoms with Gasteiger partial charge in [-0.15, -0.1) is 0 Å². The fourth-order valence-electron chi connectivity index (χ4n) is 4.84. The smallest absolute Gasteiger partial charge is 0.243 e. The fourth-order valence-corrected chi connectivity index (χ4v) is 5.79. The van der Waals surface area contributed by atoms with Crippen molar-refractivity contribution in [1.82, 2.24) is 10.2 Å². The Morgan fingerprint density at radius 2 is 1.54 bits per heavy atom. The quantitative estimate of drug-likeness (QED) is 0.302. The molecule has 0 aliphatic carbocycles. The van der Waals surface area contributed by atoms with Crippen LogP contribution < -0.4 is 9.62 Å². The van der Waals surface area contributed by atoms with E-state index >= 15 is 0 Å². The second-order valence-corrected chi connectivity index (χ2v) is 12.7. The van der Waals surface area contributed by atoms with Crippen molar-refractivity contribution in [2.45, 2.75) is 65.6 Å². The van der Waals surface area contributed by atoms with Gasteiger partial charge in [-0.1, -0.05) is 54.6 Å². The van der Waals surface area contributed by atoms with E-state index in [4.69, 9.17) is 0 Å². The first-order valence-corrected chi connectivity index (χ1v) is 15.6. The highest BCUT2D eigenvalue weighted by Gasteiger charge is 2.31. The van der Waals surface area contributed by atoms with Crippen LogP contribution in [0.5, 0.6) is 0 Å². The Balaban J connectivity index is 1.90. The van der Waals surface area contributed by atoms with Crippen LogP contribution in [0.3, 0.4) is 0 Å². The maximum absolute atomic E-state index is 14.7. The first-order chi connectivity index (χ1) is 19.3. The van der Waals surface area contributed by atoms with Crippen molar-refractivity contribution in [3.8, 4) is 0 Å². The van der Waals surface area contributed by atoms with Crippen molar-refractivity contribution in [1.29, 1.82) is 0 Å². The molecule has 41 heavy (non-hydrogen) atoms. The summed E-state index contributed by atoms with van der Waals surface area (Å²) < 4.78 is 41.4. The van der Waals surface area contributed by atoms with Gasteiger partial charge in [0.2, 0.25) is 21.8 Å². The molecule has 7 nitrogen and oxygen atoms in total. The molecule has 0 bridgehead atoms.